The van der Waals surface area contributed by atoms with Gasteiger partial charge in [-0.3, -0.25) is 9.59 Å². The van der Waals surface area contributed by atoms with Gasteiger partial charge in [-0.25, -0.2) is 0 Å². The van der Waals surface area contributed by atoms with Gasteiger partial charge in [-0.15, -0.1) is 0 Å². The maximum absolute atomic E-state index is 11.5. The Kier molecular flexibility index (Phi) is 8.58. The molecule has 0 aromatic heterocycles. The molecule has 1 rings (SSSR count). The molecule has 0 spiro atoms. The van der Waals surface area contributed by atoms with E-state index in [-0.39, 0.29) is 29.3 Å². The van der Waals surface area contributed by atoms with Crippen LogP contribution in [0, 0.1) is 17.3 Å². The molecule has 1 aliphatic heterocycles. The van der Waals surface area contributed by atoms with Crippen molar-refractivity contribution >= 4 is 11.9 Å². The minimum Gasteiger partial charge on any atom is -0.481 e. The number of ether oxygens (including phenoxy) is 1. The molecule has 0 bridgehead atoms. The predicted octanol–water partition coefficient (Wildman–Crippen LogP) is 4.35. The zero-order valence-corrected chi connectivity index (χ0v) is 17.6. The van der Waals surface area contributed by atoms with Gasteiger partial charge in [0.25, 0.3) is 0 Å². The number of likely N-dealkylation sites (tertiary alicyclic amines) is 1. The number of nitrogens with zero attached hydrogens (tertiary/aromatic N) is 1. The summed E-state index contributed by atoms with van der Waals surface area (Å²) in [6, 6.07) is 0. The van der Waals surface area contributed by atoms with E-state index in [0.29, 0.717) is 12.3 Å². The lowest BCUT2D eigenvalue weighted by molar-refractivity contribution is -0.142. The number of rotatable bonds is 10. The van der Waals surface area contributed by atoms with Gasteiger partial charge in [0.15, 0.2) is 0 Å². The summed E-state index contributed by atoms with van der Waals surface area (Å²) in [5.41, 5.74) is 0.109. The van der Waals surface area contributed by atoms with Crippen molar-refractivity contribution in [3.8, 4) is 0 Å². The first kappa shape index (κ1) is 22.9. The van der Waals surface area contributed by atoms with Crippen LogP contribution in [0.4, 0.5) is 0 Å². The Labute approximate surface area is 159 Å². The molecule has 5 heteroatoms. The van der Waals surface area contributed by atoms with Crippen LogP contribution in [-0.4, -0.2) is 48.2 Å². The fraction of sp³-hybridized carbons (Fsp3) is 0.905. The van der Waals surface area contributed by atoms with Crippen molar-refractivity contribution in [2.24, 2.45) is 17.3 Å². The van der Waals surface area contributed by atoms with E-state index in [1.54, 1.807) is 0 Å². The average molecular weight is 370 g/mol. The number of esters is 1. The number of unbranched alkanes of at least 4 members (excludes halogenated alkanes) is 3. The highest BCUT2D eigenvalue weighted by molar-refractivity contribution is 5.69. The van der Waals surface area contributed by atoms with Gasteiger partial charge in [-0.2, -0.15) is 0 Å². The number of aliphatic carboxylic acids is 1. The second kappa shape index (κ2) is 9.72. The topological polar surface area (TPSA) is 66.8 Å². The van der Waals surface area contributed by atoms with Crippen molar-refractivity contribution in [1.29, 1.82) is 0 Å². The number of carboxylic acids is 1. The van der Waals surface area contributed by atoms with Crippen LogP contribution in [0.2, 0.25) is 0 Å². The molecule has 1 fully saturated rings. The van der Waals surface area contributed by atoms with E-state index in [0.717, 1.165) is 45.1 Å². The monoisotopic (exact) mass is 369 g/mol. The molecule has 1 aliphatic rings. The lowest BCUT2D eigenvalue weighted by Gasteiger charge is -2.58. The smallest absolute Gasteiger partial charge is 0.305 e. The molecule has 0 aromatic carbocycles. The highest BCUT2D eigenvalue weighted by atomic mass is 16.5. The minimum atomic E-state index is -0.687. The molecule has 26 heavy (non-hydrogen) atoms. The lowest BCUT2D eigenvalue weighted by atomic mass is 9.57. The van der Waals surface area contributed by atoms with Gasteiger partial charge >= 0.3 is 11.9 Å². The van der Waals surface area contributed by atoms with Crippen molar-refractivity contribution in [1.82, 2.24) is 4.90 Å². The molecule has 1 saturated heterocycles. The van der Waals surface area contributed by atoms with Crippen LogP contribution in [0.15, 0.2) is 0 Å². The number of carboxylic acid groups (broad SMARTS) is 1. The fourth-order valence-electron chi connectivity index (χ4n) is 4.54. The zero-order chi connectivity index (χ0) is 20.0. The third-order valence-electron chi connectivity index (χ3n) is 7.17. The van der Waals surface area contributed by atoms with Gasteiger partial charge in [-0.1, -0.05) is 33.1 Å². The van der Waals surface area contributed by atoms with E-state index in [1.807, 2.05) is 0 Å². The first-order chi connectivity index (χ1) is 12.0. The van der Waals surface area contributed by atoms with Gasteiger partial charge in [-0.05, 0) is 64.0 Å². The van der Waals surface area contributed by atoms with Crippen molar-refractivity contribution < 1.29 is 19.4 Å². The summed E-state index contributed by atoms with van der Waals surface area (Å²) in [5, 5.41) is 9.43. The van der Waals surface area contributed by atoms with Crippen molar-refractivity contribution in [3.63, 3.8) is 0 Å². The number of carbonyl (C=O) groups excluding carboxylic acids is 1. The second-order valence-corrected chi connectivity index (χ2v) is 8.98. The third kappa shape index (κ3) is 5.70. The largest absolute Gasteiger partial charge is 0.481 e. The quantitative estimate of drug-likeness (QED) is 0.458. The van der Waals surface area contributed by atoms with E-state index < -0.39 is 5.97 Å². The number of methoxy groups -OCH3 is 1. The van der Waals surface area contributed by atoms with Gasteiger partial charge in [0, 0.05) is 18.4 Å². The van der Waals surface area contributed by atoms with Gasteiger partial charge in [0.1, 0.15) is 0 Å². The van der Waals surface area contributed by atoms with Crippen molar-refractivity contribution in [2.75, 3.05) is 20.7 Å². The van der Waals surface area contributed by atoms with Crippen LogP contribution >= 0.6 is 0 Å². The third-order valence-corrected chi connectivity index (χ3v) is 7.17. The Morgan fingerprint density at radius 1 is 1.15 bits per heavy atom. The zero-order valence-electron chi connectivity index (χ0n) is 17.6. The van der Waals surface area contributed by atoms with E-state index in [9.17, 15) is 14.7 Å². The molecule has 2 unspecified atom stereocenters. The minimum absolute atomic E-state index is 0.0488. The molecule has 0 saturated carbocycles. The molecular formula is C21H39NO4. The Balaban J connectivity index is 2.63. The lowest BCUT2D eigenvalue weighted by Crippen LogP contribution is -2.61. The molecule has 0 radical (unpaired) electrons. The van der Waals surface area contributed by atoms with E-state index in [1.165, 1.54) is 7.11 Å². The molecule has 0 amide bonds. The van der Waals surface area contributed by atoms with Crippen molar-refractivity contribution in [3.05, 3.63) is 0 Å². The molecule has 2 atom stereocenters. The van der Waals surface area contributed by atoms with Crippen LogP contribution in [0.5, 0.6) is 0 Å². The van der Waals surface area contributed by atoms with Crippen molar-refractivity contribution in [2.45, 2.75) is 84.6 Å². The highest BCUT2D eigenvalue weighted by Crippen LogP contribution is 2.51. The Hall–Kier alpha value is -1.10. The normalized spacial score (nSPS) is 23.4. The first-order valence-electron chi connectivity index (χ1n) is 10.0. The van der Waals surface area contributed by atoms with Crippen LogP contribution in [0.1, 0.15) is 79.1 Å². The van der Waals surface area contributed by atoms with Crippen LogP contribution < -0.4 is 0 Å². The fourth-order valence-corrected chi connectivity index (χ4v) is 4.54. The number of hydrogen-bond acceptors (Lipinski definition) is 4. The Morgan fingerprint density at radius 2 is 1.77 bits per heavy atom. The van der Waals surface area contributed by atoms with Crippen LogP contribution in [0.25, 0.3) is 0 Å². The average Bonchev–Trinajstić information content (AvgIpc) is 2.55. The molecule has 1 N–H and O–H groups in total. The number of carbonyl (C=O) groups is 2. The Bertz CT molecular complexity index is 473. The van der Waals surface area contributed by atoms with Gasteiger partial charge in [0.2, 0.25) is 0 Å². The maximum atomic E-state index is 11.5. The summed E-state index contributed by atoms with van der Waals surface area (Å²) in [7, 11) is 3.59. The molecule has 1 heterocycles. The molecule has 5 nitrogen and oxygen atoms in total. The maximum Gasteiger partial charge on any atom is 0.305 e. The second-order valence-electron chi connectivity index (χ2n) is 8.98. The number of piperidine rings is 1. The number of hydrogen-bond donors (Lipinski definition) is 1. The van der Waals surface area contributed by atoms with Crippen LogP contribution in [-0.2, 0) is 14.3 Å². The van der Waals surface area contributed by atoms with E-state index in [4.69, 9.17) is 0 Å². The standard InChI is InChI=1S/C21H39NO4/c1-20(2)17(13-14-22(5)21(20,3)4)16(15-18(23)24)11-9-7-8-10-12-19(25)26-6/h16-17H,7-15H2,1-6H3,(H,23,24). The summed E-state index contributed by atoms with van der Waals surface area (Å²) >= 11 is 0. The van der Waals surface area contributed by atoms with E-state index in [2.05, 4.69) is 44.4 Å². The van der Waals surface area contributed by atoms with E-state index >= 15 is 0 Å². The summed E-state index contributed by atoms with van der Waals surface area (Å²) in [4.78, 5) is 25.0. The SMILES string of the molecule is COC(=O)CCCCCCC(CC(=O)O)C1CCN(C)C(C)(C)C1(C)C. The molecule has 152 valence electrons. The molecule has 0 aromatic rings. The summed E-state index contributed by atoms with van der Waals surface area (Å²) in [6.07, 6.45) is 6.68. The highest BCUT2D eigenvalue weighted by Gasteiger charge is 2.50. The van der Waals surface area contributed by atoms with Gasteiger partial charge < -0.3 is 14.7 Å². The Morgan fingerprint density at radius 3 is 2.35 bits per heavy atom. The summed E-state index contributed by atoms with van der Waals surface area (Å²) in [5.74, 6) is -0.201. The molecular weight excluding hydrogens is 330 g/mol. The molecule has 0 aliphatic carbocycles. The summed E-state index contributed by atoms with van der Waals surface area (Å²) in [6.45, 7) is 10.2. The summed E-state index contributed by atoms with van der Waals surface area (Å²) < 4.78 is 4.66. The van der Waals surface area contributed by atoms with Gasteiger partial charge in [0.05, 0.1) is 7.11 Å². The predicted molar refractivity (Wildman–Crippen MR) is 104 cm³/mol. The first-order valence-corrected chi connectivity index (χ1v) is 10.0. The van der Waals surface area contributed by atoms with Crippen LogP contribution in [0.3, 0.4) is 0 Å².